The number of halogens is 2. The minimum Gasteiger partial charge on any atom is -0.385 e. The van der Waals surface area contributed by atoms with Crippen molar-refractivity contribution in [2.45, 2.75) is 25.8 Å². The van der Waals surface area contributed by atoms with Crippen LogP contribution in [0.1, 0.15) is 31.6 Å². The first kappa shape index (κ1) is 21.6. The Hall–Kier alpha value is -1.67. The summed E-state index contributed by atoms with van der Waals surface area (Å²) in [6.45, 7) is 3.87. The van der Waals surface area contributed by atoms with E-state index in [1.807, 2.05) is 19.1 Å². The van der Waals surface area contributed by atoms with Crippen LogP contribution in [0, 0.1) is 5.41 Å². The Morgan fingerprint density at radius 2 is 2.19 bits per heavy atom. The van der Waals surface area contributed by atoms with Crippen LogP contribution in [0.25, 0.3) is 11.5 Å². The smallest absolute Gasteiger partial charge is 0.257 e. The number of hydrogen-bond acceptors (Lipinski definition) is 6. The van der Waals surface area contributed by atoms with Gasteiger partial charge in [0.1, 0.15) is 0 Å². The van der Waals surface area contributed by atoms with Gasteiger partial charge < -0.3 is 19.9 Å². The summed E-state index contributed by atoms with van der Waals surface area (Å²) in [4.78, 5) is 17.3. The quantitative estimate of drug-likeness (QED) is 0.723. The first-order valence-electron chi connectivity index (χ1n) is 8.64. The number of hydrogen-bond donors (Lipinski definition) is 2. The average Bonchev–Trinajstić information content (AvgIpc) is 3.31. The van der Waals surface area contributed by atoms with E-state index in [9.17, 15) is 4.79 Å². The van der Waals surface area contributed by atoms with E-state index in [1.54, 1.807) is 19.2 Å². The van der Waals surface area contributed by atoms with E-state index in [1.165, 1.54) is 0 Å². The van der Waals surface area contributed by atoms with Gasteiger partial charge in [0.2, 0.25) is 5.91 Å². The number of carbonyl (C=O) groups is 1. The van der Waals surface area contributed by atoms with Crippen LogP contribution in [0.3, 0.4) is 0 Å². The number of amides is 1. The Bertz CT molecular complexity index is 745. The highest BCUT2D eigenvalue weighted by molar-refractivity contribution is 6.30. The van der Waals surface area contributed by atoms with Crippen molar-refractivity contribution in [3.8, 4) is 11.5 Å². The van der Waals surface area contributed by atoms with E-state index < -0.39 is 5.41 Å². The maximum absolute atomic E-state index is 12.9. The Morgan fingerprint density at radius 3 is 2.81 bits per heavy atom. The molecule has 9 heteroatoms. The van der Waals surface area contributed by atoms with E-state index in [0.29, 0.717) is 36.3 Å². The third kappa shape index (κ3) is 4.99. The summed E-state index contributed by atoms with van der Waals surface area (Å²) < 4.78 is 10.5. The van der Waals surface area contributed by atoms with E-state index in [0.717, 1.165) is 18.5 Å². The molecular formula is C18H24Cl2N4O3. The fraction of sp³-hybridized carbons (Fsp3) is 0.500. The highest BCUT2D eigenvalue weighted by Gasteiger charge is 2.41. The monoisotopic (exact) mass is 414 g/mol. The normalized spacial score (nSPS) is 20.1. The molecule has 1 aliphatic rings. The molecular weight excluding hydrogens is 391 g/mol. The van der Waals surface area contributed by atoms with E-state index in [2.05, 4.69) is 20.8 Å². The summed E-state index contributed by atoms with van der Waals surface area (Å²) in [5, 5.41) is 10.9. The summed E-state index contributed by atoms with van der Waals surface area (Å²) in [5.74, 6) is 0.829. The zero-order valence-electron chi connectivity index (χ0n) is 15.3. The van der Waals surface area contributed by atoms with Crippen molar-refractivity contribution in [1.29, 1.82) is 0 Å². The topological polar surface area (TPSA) is 89.3 Å². The Morgan fingerprint density at radius 1 is 1.44 bits per heavy atom. The molecule has 2 atom stereocenters. The molecule has 2 aromatic rings. The number of methoxy groups -OCH3 is 1. The van der Waals surface area contributed by atoms with Gasteiger partial charge >= 0.3 is 0 Å². The summed E-state index contributed by atoms with van der Waals surface area (Å²) in [7, 11) is 1.65. The van der Waals surface area contributed by atoms with Crippen molar-refractivity contribution in [2.24, 2.45) is 5.41 Å². The maximum Gasteiger partial charge on any atom is 0.257 e. The molecule has 1 amide bonds. The van der Waals surface area contributed by atoms with Gasteiger partial charge in [0, 0.05) is 30.8 Å². The van der Waals surface area contributed by atoms with Gasteiger partial charge in [-0.1, -0.05) is 16.8 Å². The van der Waals surface area contributed by atoms with E-state index >= 15 is 0 Å². The van der Waals surface area contributed by atoms with Crippen LogP contribution in [0.2, 0.25) is 5.02 Å². The molecule has 0 bridgehead atoms. The fourth-order valence-corrected chi connectivity index (χ4v) is 3.22. The second-order valence-corrected chi connectivity index (χ2v) is 7.05. The lowest BCUT2D eigenvalue weighted by atomic mass is 9.82. The minimum atomic E-state index is -0.451. The number of nitrogens with one attached hydrogen (secondary N) is 2. The third-order valence-corrected chi connectivity index (χ3v) is 5.03. The molecule has 1 aromatic carbocycles. The van der Waals surface area contributed by atoms with Crippen molar-refractivity contribution in [1.82, 2.24) is 20.8 Å². The van der Waals surface area contributed by atoms with Crippen molar-refractivity contribution in [3.05, 3.63) is 35.1 Å². The Labute approximate surface area is 169 Å². The van der Waals surface area contributed by atoms with Gasteiger partial charge in [-0.3, -0.25) is 4.79 Å². The molecule has 0 aliphatic carbocycles. The molecule has 3 rings (SSSR count). The lowest BCUT2D eigenvalue weighted by Crippen LogP contribution is -2.44. The molecule has 0 spiro atoms. The van der Waals surface area contributed by atoms with Crippen LogP contribution < -0.4 is 10.6 Å². The second kappa shape index (κ2) is 9.50. The number of aromatic nitrogens is 2. The van der Waals surface area contributed by atoms with E-state index in [4.69, 9.17) is 20.9 Å². The molecule has 1 aromatic heterocycles. The predicted octanol–water partition coefficient (Wildman–Crippen LogP) is 3.01. The molecule has 2 unspecified atom stereocenters. The second-order valence-electron chi connectivity index (χ2n) is 6.61. The van der Waals surface area contributed by atoms with Crippen molar-refractivity contribution in [3.63, 3.8) is 0 Å². The van der Waals surface area contributed by atoms with Gasteiger partial charge in [-0.05, 0) is 50.6 Å². The van der Waals surface area contributed by atoms with Crippen LogP contribution in [-0.4, -0.2) is 42.9 Å². The number of ether oxygens (including phenoxy) is 1. The molecule has 2 N–H and O–H groups in total. The van der Waals surface area contributed by atoms with Gasteiger partial charge in [-0.15, -0.1) is 12.4 Å². The summed E-state index contributed by atoms with van der Waals surface area (Å²) >= 11 is 5.90. The molecule has 2 heterocycles. The fourth-order valence-electron chi connectivity index (χ4n) is 3.10. The molecule has 1 fully saturated rings. The van der Waals surface area contributed by atoms with Crippen LogP contribution in [-0.2, 0) is 9.53 Å². The molecule has 0 saturated carbocycles. The van der Waals surface area contributed by atoms with Crippen LogP contribution in [0.15, 0.2) is 28.8 Å². The molecule has 27 heavy (non-hydrogen) atoms. The number of benzene rings is 1. The van der Waals surface area contributed by atoms with Gasteiger partial charge in [-0.2, -0.15) is 4.98 Å². The SMILES string of the molecule is COCCC1(C(=O)NC(C)c2noc(-c3ccc(Cl)cc3)n2)CCNC1.Cl. The Balaban J connectivity index is 0.00000261. The minimum absolute atomic E-state index is 0. The number of rotatable bonds is 7. The highest BCUT2D eigenvalue weighted by atomic mass is 35.5. The van der Waals surface area contributed by atoms with Crippen LogP contribution in [0.5, 0.6) is 0 Å². The molecule has 0 radical (unpaired) electrons. The standard InChI is InChI=1S/C18H23ClN4O3.ClH/c1-12(21-17(24)18(8-10-25-2)7-9-20-11-18)15-22-16(26-23-15)13-3-5-14(19)6-4-13;/h3-6,12,20H,7-11H2,1-2H3,(H,21,24);1H. The summed E-state index contributed by atoms with van der Waals surface area (Å²) in [6, 6.07) is 6.80. The van der Waals surface area contributed by atoms with Crippen molar-refractivity contribution in [2.75, 3.05) is 26.8 Å². The van der Waals surface area contributed by atoms with Gasteiger partial charge in [0.25, 0.3) is 5.89 Å². The summed E-state index contributed by atoms with van der Waals surface area (Å²) in [6.07, 6.45) is 1.47. The van der Waals surface area contributed by atoms with Crippen LogP contribution >= 0.6 is 24.0 Å². The van der Waals surface area contributed by atoms with Gasteiger partial charge in [0.05, 0.1) is 11.5 Å². The number of nitrogens with zero attached hydrogens (tertiary/aromatic N) is 2. The lowest BCUT2D eigenvalue weighted by Gasteiger charge is -2.27. The maximum atomic E-state index is 12.9. The van der Waals surface area contributed by atoms with Crippen molar-refractivity contribution >= 4 is 29.9 Å². The zero-order valence-corrected chi connectivity index (χ0v) is 16.9. The van der Waals surface area contributed by atoms with Crippen molar-refractivity contribution < 1.29 is 14.1 Å². The largest absolute Gasteiger partial charge is 0.385 e. The first-order valence-corrected chi connectivity index (χ1v) is 9.02. The third-order valence-electron chi connectivity index (χ3n) is 4.78. The van der Waals surface area contributed by atoms with E-state index in [-0.39, 0.29) is 24.4 Å². The average molecular weight is 415 g/mol. The van der Waals surface area contributed by atoms with Crippen LogP contribution in [0.4, 0.5) is 0 Å². The highest BCUT2D eigenvalue weighted by Crippen LogP contribution is 2.31. The van der Waals surface area contributed by atoms with Gasteiger partial charge in [-0.25, -0.2) is 0 Å². The molecule has 1 aliphatic heterocycles. The molecule has 1 saturated heterocycles. The predicted molar refractivity (Wildman–Crippen MR) is 105 cm³/mol. The van der Waals surface area contributed by atoms with Gasteiger partial charge in [0.15, 0.2) is 5.82 Å². The zero-order chi connectivity index (χ0) is 18.6. The Kier molecular flexibility index (Phi) is 7.61. The lowest BCUT2D eigenvalue weighted by molar-refractivity contribution is -0.131. The molecule has 148 valence electrons. The number of carbonyl (C=O) groups excluding carboxylic acids is 1. The summed E-state index contributed by atoms with van der Waals surface area (Å²) in [5.41, 5.74) is 0.329. The first-order chi connectivity index (χ1) is 12.5. The molecule has 7 nitrogen and oxygen atoms in total.